The van der Waals surface area contributed by atoms with Crippen LogP contribution in [0.2, 0.25) is 0 Å². The highest BCUT2D eigenvalue weighted by Crippen LogP contribution is 2.34. The van der Waals surface area contributed by atoms with Gasteiger partial charge < -0.3 is 14.8 Å². The van der Waals surface area contributed by atoms with Crippen LogP contribution in [0.15, 0.2) is 53.3 Å². The number of carbonyl (C=O) groups is 2. The van der Waals surface area contributed by atoms with Crippen LogP contribution in [0, 0.1) is 0 Å². The summed E-state index contributed by atoms with van der Waals surface area (Å²) in [5.74, 6) is -0.944. The second kappa shape index (κ2) is 8.85. The van der Waals surface area contributed by atoms with E-state index in [1.807, 2.05) is 12.1 Å². The van der Waals surface area contributed by atoms with Gasteiger partial charge >= 0.3 is 11.9 Å². The van der Waals surface area contributed by atoms with E-state index in [4.69, 9.17) is 9.47 Å². The van der Waals surface area contributed by atoms with Crippen LogP contribution >= 0.6 is 0 Å². The molecule has 9 heteroatoms. The Labute approximate surface area is 190 Å². The van der Waals surface area contributed by atoms with Gasteiger partial charge in [0, 0.05) is 16.8 Å². The number of para-hydroxylation sites is 1. The van der Waals surface area contributed by atoms with Crippen molar-refractivity contribution in [2.75, 3.05) is 19.5 Å². The highest BCUT2D eigenvalue weighted by atomic mass is 16.5. The number of fused-ring (bicyclic) bond motifs is 3. The van der Waals surface area contributed by atoms with Crippen LogP contribution in [0.1, 0.15) is 31.4 Å². The van der Waals surface area contributed by atoms with Crippen LogP contribution in [0.4, 0.5) is 5.69 Å². The average Bonchev–Trinajstić information content (AvgIpc) is 2.97. The third kappa shape index (κ3) is 3.97. The van der Waals surface area contributed by atoms with Crippen molar-refractivity contribution in [1.29, 1.82) is 0 Å². The van der Waals surface area contributed by atoms with E-state index in [-0.39, 0.29) is 11.5 Å². The van der Waals surface area contributed by atoms with E-state index < -0.39 is 29.6 Å². The molecule has 0 bridgehead atoms. The maximum absolute atomic E-state index is 13.0. The molecule has 2 aromatic carbocycles. The molecule has 1 N–H and O–H groups in total. The maximum Gasteiger partial charge on any atom is 0.333 e. The number of rotatable bonds is 4. The lowest BCUT2D eigenvalue weighted by atomic mass is 10.0. The van der Waals surface area contributed by atoms with Crippen LogP contribution in [0.5, 0.6) is 0 Å². The number of ether oxygens (including phenoxy) is 2. The second-order valence-electron chi connectivity index (χ2n) is 7.97. The van der Waals surface area contributed by atoms with Crippen LogP contribution < -0.4 is 10.9 Å². The summed E-state index contributed by atoms with van der Waals surface area (Å²) in [5.41, 5.74) is 2.20. The summed E-state index contributed by atoms with van der Waals surface area (Å²) in [5, 5.41) is 7.57. The van der Waals surface area contributed by atoms with Gasteiger partial charge in [-0.15, -0.1) is 0 Å². The Morgan fingerprint density at radius 2 is 1.67 bits per heavy atom. The SMILES string of the molecule is COC(=O)C1Nc2ccccc2-c2nc(=O)c(-c3ccc(C(C)C)cc3)nn2C1C(=O)OC. The van der Waals surface area contributed by atoms with Crippen LogP contribution in [0.3, 0.4) is 0 Å². The summed E-state index contributed by atoms with van der Waals surface area (Å²) < 4.78 is 11.2. The van der Waals surface area contributed by atoms with E-state index in [0.717, 1.165) is 5.56 Å². The van der Waals surface area contributed by atoms with Crippen molar-refractivity contribution >= 4 is 17.6 Å². The summed E-state index contributed by atoms with van der Waals surface area (Å²) in [6.07, 6.45) is 0. The van der Waals surface area contributed by atoms with Gasteiger partial charge in [0.05, 0.1) is 14.2 Å². The molecular formula is C24H24N4O5. The van der Waals surface area contributed by atoms with E-state index in [2.05, 4.69) is 29.2 Å². The second-order valence-corrected chi connectivity index (χ2v) is 7.97. The van der Waals surface area contributed by atoms with Gasteiger partial charge in [-0.25, -0.2) is 14.3 Å². The fourth-order valence-corrected chi connectivity index (χ4v) is 3.85. The standard InChI is InChI=1S/C24H24N4O5/c1-13(2)14-9-11-15(12-10-14)18-22(29)26-21-16-7-5-6-8-17(16)25-19(23(30)32-3)20(24(31)33-4)28(21)27-18/h5-13,19-20,25H,1-4H3. The number of hydrogen-bond acceptors (Lipinski definition) is 8. The number of nitrogens with zero attached hydrogens (tertiary/aromatic N) is 3. The first kappa shape index (κ1) is 22.2. The first-order chi connectivity index (χ1) is 15.8. The Balaban J connectivity index is 1.98. The molecule has 2 heterocycles. The third-order valence-corrected chi connectivity index (χ3v) is 5.64. The van der Waals surface area contributed by atoms with Gasteiger partial charge in [0.2, 0.25) is 0 Å². The van der Waals surface area contributed by atoms with Crippen molar-refractivity contribution < 1.29 is 19.1 Å². The minimum absolute atomic E-state index is 0.0611. The molecular weight excluding hydrogens is 424 g/mol. The number of esters is 2. The minimum Gasteiger partial charge on any atom is -0.467 e. The quantitative estimate of drug-likeness (QED) is 0.607. The first-order valence-electron chi connectivity index (χ1n) is 10.5. The fourth-order valence-electron chi connectivity index (χ4n) is 3.85. The molecule has 0 radical (unpaired) electrons. The largest absolute Gasteiger partial charge is 0.467 e. The zero-order valence-electron chi connectivity index (χ0n) is 18.7. The number of carbonyl (C=O) groups excluding carboxylic acids is 2. The summed E-state index contributed by atoms with van der Waals surface area (Å²) in [7, 11) is 2.45. The molecule has 2 unspecified atom stereocenters. The number of methoxy groups -OCH3 is 2. The molecule has 0 spiro atoms. The van der Waals surface area contributed by atoms with Crippen molar-refractivity contribution in [1.82, 2.24) is 14.8 Å². The van der Waals surface area contributed by atoms with Crippen molar-refractivity contribution in [3.8, 4) is 22.6 Å². The zero-order valence-corrected chi connectivity index (χ0v) is 18.7. The monoisotopic (exact) mass is 448 g/mol. The molecule has 3 aromatic rings. The Morgan fingerprint density at radius 3 is 2.30 bits per heavy atom. The number of hydrogen-bond donors (Lipinski definition) is 1. The highest BCUT2D eigenvalue weighted by Gasteiger charge is 2.42. The Hall–Kier alpha value is -4.01. The van der Waals surface area contributed by atoms with Gasteiger partial charge in [-0.3, -0.25) is 4.79 Å². The Kier molecular flexibility index (Phi) is 5.95. The number of aromatic nitrogens is 3. The first-order valence-corrected chi connectivity index (χ1v) is 10.5. The lowest BCUT2D eigenvalue weighted by Gasteiger charge is -2.24. The molecule has 1 aliphatic heterocycles. The third-order valence-electron chi connectivity index (χ3n) is 5.64. The van der Waals surface area contributed by atoms with Crippen molar-refractivity contribution in [2.45, 2.75) is 31.8 Å². The number of anilines is 1. The summed E-state index contributed by atoms with van der Waals surface area (Å²) in [6.45, 7) is 4.15. The van der Waals surface area contributed by atoms with Crippen molar-refractivity contribution in [2.24, 2.45) is 0 Å². The molecule has 0 saturated heterocycles. The average molecular weight is 448 g/mol. The lowest BCUT2D eigenvalue weighted by Crippen LogP contribution is -2.44. The molecule has 0 fully saturated rings. The molecule has 4 rings (SSSR count). The van der Waals surface area contributed by atoms with Crippen LogP contribution in [0.25, 0.3) is 22.6 Å². The highest BCUT2D eigenvalue weighted by molar-refractivity contribution is 5.91. The van der Waals surface area contributed by atoms with E-state index in [9.17, 15) is 14.4 Å². The van der Waals surface area contributed by atoms with Crippen molar-refractivity contribution in [3.05, 3.63) is 64.4 Å². The van der Waals surface area contributed by atoms with Crippen molar-refractivity contribution in [3.63, 3.8) is 0 Å². The van der Waals surface area contributed by atoms with Gasteiger partial charge in [-0.05, 0) is 23.6 Å². The normalized spacial score (nSPS) is 16.8. The van der Waals surface area contributed by atoms with E-state index in [0.29, 0.717) is 22.7 Å². The topological polar surface area (TPSA) is 112 Å². The molecule has 1 aromatic heterocycles. The Bertz CT molecular complexity index is 1270. The van der Waals surface area contributed by atoms with Gasteiger partial charge in [0.15, 0.2) is 23.6 Å². The smallest absolute Gasteiger partial charge is 0.333 e. The van der Waals surface area contributed by atoms with E-state index in [1.165, 1.54) is 18.9 Å². The van der Waals surface area contributed by atoms with Gasteiger partial charge in [0.1, 0.15) is 0 Å². The summed E-state index contributed by atoms with van der Waals surface area (Å²) in [6, 6.07) is 12.0. The molecule has 0 amide bonds. The predicted octanol–water partition coefficient (Wildman–Crippen LogP) is 2.78. The van der Waals surface area contributed by atoms with Gasteiger partial charge in [0.25, 0.3) is 5.56 Å². The molecule has 33 heavy (non-hydrogen) atoms. The lowest BCUT2D eigenvalue weighted by molar-refractivity contribution is -0.152. The molecule has 9 nitrogen and oxygen atoms in total. The predicted molar refractivity (Wildman–Crippen MR) is 122 cm³/mol. The molecule has 0 aliphatic carbocycles. The van der Waals surface area contributed by atoms with Gasteiger partial charge in [-0.2, -0.15) is 10.1 Å². The fraction of sp³-hybridized carbons (Fsp3) is 0.292. The molecule has 0 saturated carbocycles. The summed E-state index contributed by atoms with van der Waals surface area (Å²) >= 11 is 0. The minimum atomic E-state index is -1.26. The molecule has 2 atom stereocenters. The number of benzene rings is 2. The van der Waals surface area contributed by atoms with Crippen LogP contribution in [-0.4, -0.2) is 47.0 Å². The molecule has 170 valence electrons. The molecule has 1 aliphatic rings. The van der Waals surface area contributed by atoms with Crippen LogP contribution in [-0.2, 0) is 19.1 Å². The van der Waals surface area contributed by atoms with E-state index >= 15 is 0 Å². The number of nitrogens with one attached hydrogen (secondary N) is 1. The van der Waals surface area contributed by atoms with Gasteiger partial charge in [-0.1, -0.05) is 50.2 Å². The zero-order chi connectivity index (χ0) is 23.7. The maximum atomic E-state index is 13.0. The summed E-state index contributed by atoms with van der Waals surface area (Å²) in [4.78, 5) is 42.9. The van der Waals surface area contributed by atoms with E-state index in [1.54, 1.807) is 36.4 Å². The Morgan fingerprint density at radius 1 is 1.00 bits per heavy atom.